The van der Waals surface area contributed by atoms with Gasteiger partial charge in [0.2, 0.25) is 0 Å². The van der Waals surface area contributed by atoms with Gasteiger partial charge in [-0.15, -0.1) is 0 Å². The SMILES string of the molecule is CCNC(c1cc(Cl)cc(Br)c1)C1CC1. The summed E-state index contributed by atoms with van der Waals surface area (Å²) in [4.78, 5) is 0. The van der Waals surface area contributed by atoms with Crippen molar-refractivity contribution in [2.45, 2.75) is 25.8 Å². The van der Waals surface area contributed by atoms with Crippen molar-refractivity contribution in [1.82, 2.24) is 5.32 Å². The van der Waals surface area contributed by atoms with Crippen molar-refractivity contribution in [2.75, 3.05) is 6.54 Å². The summed E-state index contributed by atoms with van der Waals surface area (Å²) in [5.41, 5.74) is 1.30. The van der Waals surface area contributed by atoms with Crippen molar-refractivity contribution in [3.05, 3.63) is 33.3 Å². The predicted molar refractivity (Wildman–Crippen MR) is 68.3 cm³/mol. The van der Waals surface area contributed by atoms with Gasteiger partial charge in [-0.05, 0) is 49.1 Å². The van der Waals surface area contributed by atoms with Crippen molar-refractivity contribution in [2.24, 2.45) is 5.92 Å². The van der Waals surface area contributed by atoms with Gasteiger partial charge in [-0.2, -0.15) is 0 Å². The van der Waals surface area contributed by atoms with E-state index in [1.165, 1.54) is 18.4 Å². The Bertz CT molecular complexity index is 329. The third-order valence-electron chi connectivity index (χ3n) is 2.76. The molecule has 0 aromatic heterocycles. The fourth-order valence-corrected chi connectivity index (χ4v) is 2.85. The molecule has 3 heteroatoms. The maximum atomic E-state index is 6.06. The molecule has 1 nitrogen and oxygen atoms in total. The Hall–Kier alpha value is -0.0500. The lowest BCUT2D eigenvalue weighted by atomic mass is 10.0. The minimum absolute atomic E-state index is 0.477. The average molecular weight is 289 g/mol. The monoisotopic (exact) mass is 287 g/mol. The Morgan fingerprint density at radius 2 is 2.20 bits per heavy atom. The molecule has 0 radical (unpaired) electrons. The van der Waals surface area contributed by atoms with E-state index in [9.17, 15) is 0 Å². The molecule has 0 amide bonds. The van der Waals surface area contributed by atoms with Crippen LogP contribution in [0.4, 0.5) is 0 Å². The first-order valence-corrected chi connectivity index (χ1v) is 6.57. The molecule has 1 unspecified atom stereocenters. The van der Waals surface area contributed by atoms with Crippen LogP contribution in [0.2, 0.25) is 5.02 Å². The maximum Gasteiger partial charge on any atom is 0.0420 e. The first-order chi connectivity index (χ1) is 7.20. The normalized spacial score (nSPS) is 17.8. The van der Waals surface area contributed by atoms with Gasteiger partial charge in [-0.3, -0.25) is 0 Å². The minimum atomic E-state index is 0.477. The molecule has 0 heterocycles. The zero-order chi connectivity index (χ0) is 10.8. The van der Waals surface area contributed by atoms with E-state index < -0.39 is 0 Å². The highest BCUT2D eigenvalue weighted by Gasteiger charge is 2.31. The quantitative estimate of drug-likeness (QED) is 0.877. The molecule has 0 bridgehead atoms. The average Bonchev–Trinajstić information content (AvgIpc) is 2.95. The molecule has 1 saturated carbocycles. The molecule has 1 N–H and O–H groups in total. The van der Waals surface area contributed by atoms with Crippen LogP contribution < -0.4 is 5.32 Å². The topological polar surface area (TPSA) is 12.0 Å². The minimum Gasteiger partial charge on any atom is -0.310 e. The Morgan fingerprint density at radius 1 is 1.47 bits per heavy atom. The summed E-state index contributed by atoms with van der Waals surface area (Å²) >= 11 is 9.55. The highest BCUT2D eigenvalue weighted by molar-refractivity contribution is 9.10. The van der Waals surface area contributed by atoms with Crippen LogP contribution in [0.25, 0.3) is 0 Å². The van der Waals surface area contributed by atoms with E-state index in [1.807, 2.05) is 6.07 Å². The van der Waals surface area contributed by atoms with E-state index >= 15 is 0 Å². The molecular formula is C12H15BrClN. The van der Waals surface area contributed by atoms with Crippen LogP contribution in [0.1, 0.15) is 31.4 Å². The first-order valence-electron chi connectivity index (χ1n) is 5.40. The van der Waals surface area contributed by atoms with Crippen LogP contribution >= 0.6 is 27.5 Å². The Balaban J connectivity index is 2.24. The highest BCUT2D eigenvalue weighted by atomic mass is 79.9. The third kappa shape index (κ3) is 2.96. The first kappa shape index (κ1) is 11.4. The number of hydrogen-bond donors (Lipinski definition) is 1. The Labute approximate surface area is 104 Å². The number of benzene rings is 1. The Morgan fingerprint density at radius 3 is 2.73 bits per heavy atom. The van der Waals surface area contributed by atoms with Gasteiger partial charge in [0, 0.05) is 15.5 Å². The second-order valence-electron chi connectivity index (χ2n) is 4.08. The second kappa shape index (κ2) is 4.86. The van der Waals surface area contributed by atoms with E-state index in [4.69, 9.17) is 11.6 Å². The van der Waals surface area contributed by atoms with Gasteiger partial charge >= 0.3 is 0 Å². The van der Waals surface area contributed by atoms with Gasteiger partial charge < -0.3 is 5.32 Å². The van der Waals surface area contributed by atoms with Gasteiger partial charge in [0.25, 0.3) is 0 Å². The molecule has 1 aliphatic carbocycles. The van der Waals surface area contributed by atoms with Crippen molar-refractivity contribution >= 4 is 27.5 Å². The van der Waals surface area contributed by atoms with Crippen LogP contribution in [-0.2, 0) is 0 Å². The summed E-state index contributed by atoms with van der Waals surface area (Å²) in [5, 5.41) is 4.34. The molecule has 1 aromatic rings. The van der Waals surface area contributed by atoms with E-state index in [0.717, 1.165) is 22.0 Å². The molecule has 15 heavy (non-hydrogen) atoms. The molecular weight excluding hydrogens is 273 g/mol. The summed E-state index contributed by atoms with van der Waals surface area (Å²) < 4.78 is 1.06. The van der Waals surface area contributed by atoms with E-state index in [-0.39, 0.29) is 0 Å². The molecule has 82 valence electrons. The number of halogens is 2. The molecule has 0 saturated heterocycles. The lowest BCUT2D eigenvalue weighted by Gasteiger charge is -2.18. The lowest BCUT2D eigenvalue weighted by Crippen LogP contribution is -2.22. The zero-order valence-electron chi connectivity index (χ0n) is 8.76. The standard InChI is InChI=1S/C12H15BrClN/c1-2-15-12(8-3-4-8)9-5-10(13)7-11(14)6-9/h5-8,12,15H,2-4H2,1H3. The largest absolute Gasteiger partial charge is 0.310 e. The molecule has 2 rings (SSSR count). The van der Waals surface area contributed by atoms with Gasteiger partial charge in [-0.1, -0.05) is 34.5 Å². The zero-order valence-corrected chi connectivity index (χ0v) is 11.1. The summed E-state index contributed by atoms with van der Waals surface area (Å²) in [7, 11) is 0. The highest BCUT2D eigenvalue weighted by Crippen LogP contribution is 2.41. The van der Waals surface area contributed by atoms with Crippen LogP contribution in [0.3, 0.4) is 0 Å². The fourth-order valence-electron chi connectivity index (χ4n) is 1.96. The van der Waals surface area contributed by atoms with E-state index in [1.54, 1.807) is 0 Å². The number of hydrogen-bond acceptors (Lipinski definition) is 1. The Kier molecular flexibility index (Phi) is 3.70. The summed E-state index contributed by atoms with van der Waals surface area (Å²) in [6.07, 6.45) is 2.67. The van der Waals surface area contributed by atoms with Crippen molar-refractivity contribution in [1.29, 1.82) is 0 Å². The van der Waals surface area contributed by atoms with Crippen LogP contribution in [0.5, 0.6) is 0 Å². The molecule has 0 spiro atoms. The van der Waals surface area contributed by atoms with Gasteiger partial charge in [0.05, 0.1) is 0 Å². The summed E-state index contributed by atoms with van der Waals surface area (Å²) in [6, 6.07) is 6.64. The summed E-state index contributed by atoms with van der Waals surface area (Å²) in [5.74, 6) is 0.801. The van der Waals surface area contributed by atoms with Crippen molar-refractivity contribution in [3.8, 4) is 0 Å². The lowest BCUT2D eigenvalue weighted by molar-refractivity contribution is 0.496. The molecule has 1 atom stereocenters. The number of nitrogens with one attached hydrogen (secondary N) is 1. The van der Waals surface area contributed by atoms with E-state index in [2.05, 4.69) is 40.3 Å². The molecule has 1 fully saturated rings. The van der Waals surface area contributed by atoms with Crippen molar-refractivity contribution in [3.63, 3.8) is 0 Å². The van der Waals surface area contributed by atoms with Gasteiger partial charge in [-0.25, -0.2) is 0 Å². The van der Waals surface area contributed by atoms with Gasteiger partial charge in [0.1, 0.15) is 0 Å². The number of rotatable bonds is 4. The summed E-state index contributed by atoms with van der Waals surface area (Å²) in [6.45, 7) is 3.15. The molecule has 1 aliphatic rings. The predicted octanol–water partition coefficient (Wildman–Crippen LogP) is 4.16. The van der Waals surface area contributed by atoms with Crippen molar-refractivity contribution < 1.29 is 0 Å². The molecule has 1 aromatic carbocycles. The molecule has 0 aliphatic heterocycles. The van der Waals surface area contributed by atoms with E-state index in [0.29, 0.717) is 6.04 Å². The third-order valence-corrected chi connectivity index (χ3v) is 3.44. The fraction of sp³-hybridized carbons (Fsp3) is 0.500. The smallest absolute Gasteiger partial charge is 0.0420 e. The second-order valence-corrected chi connectivity index (χ2v) is 5.43. The van der Waals surface area contributed by atoms with Crippen LogP contribution in [0.15, 0.2) is 22.7 Å². The van der Waals surface area contributed by atoms with Crippen LogP contribution in [-0.4, -0.2) is 6.54 Å². The van der Waals surface area contributed by atoms with Gasteiger partial charge in [0.15, 0.2) is 0 Å². The van der Waals surface area contributed by atoms with Crippen LogP contribution in [0, 0.1) is 5.92 Å². The maximum absolute atomic E-state index is 6.06.